The molecule has 1 aromatic heterocycles. The molecule has 1 saturated heterocycles. The molecule has 2 atom stereocenters. The number of nitrogens with zero attached hydrogens (tertiary/aromatic N) is 2. The zero-order chi connectivity index (χ0) is 29.1. The molecule has 2 N–H and O–H groups in total. The van der Waals surface area contributed by atoms with E-state index in [1.54, 1.807) is 26.3 Å². The molecule has 0 radical (unpaired) electrons. The second-order valence-electron chi connectivity index (χ2n) is 9.11. The number of hydrogen-bond donors (Lipinski definition) is 2. The van der Waals surface area contributed by atoms with Crippen molar-refractivity contribution in [2.24, 2.45) is 5.92 Å². The molecule has 4 rings (SSSR count). The Balaban J connectivity index is 0.000000451. The summed E-state index contributed by atoms with van der Waals surface area (Å²) in [5, 5.41) is 10.1. The number of rotatable bonds is 7. The molecule has 0 aliphatic carbocycles. The van der Waals surface area contributed by atoms with E-state index >= 15 is 0 Å². The predicted octanol–water partition coefficient (Wildman–Crippen LogP) is 7.01. The third kappa shape index (κ3) is 9.15. The molecule has 0 bridgehead atoms. The van der Waals surface area contributed by atoms with Crippen LogP contribution in [0.5, 0.6) is 0 Å². The fourth-order valence-electron chi connectivity index (χ4n) is 4.23. The third-order valence-electron chi connectivity index (χ3n) is 6.27. The van der Waals surface area contributed by atoms with Gasteiger partial charge in [-0.25, -0.2) is 12.9 Å². The number of hydrogen-bond acceptors (Lipinski definition) is 5. The van der Waals surface area contributed by atoms with E-state index < -0.39 is 16.8 Å². The van der Waals surface area contributed by atoms with Crippen LogP contribution in [-0.4, -0.2) is 46.0 Å². The summed E-state index contributed by atoms with van der Waals surface area (Å²) in [5.41, 5.74) is 4.77. The summed E-state index contributed by atoms with van der Waals surface area (Å²) in [6.07, 6.45) is 4.59. The Hall–Kier alpha value is -2.75. The number of anilines is 2. The van der Waals surface area contributed by atoms with Crippen LogP contribution in [0.3, 0.4) is 0 Å². The maximum atomic E-state index is 13.7. The quantitative estimate of drug-likeness (QED) is 0.315. The Morgan fingerprint density at radius 1 is 1.15 bits per heavy atom. The highest BCUT2D eigenvalue weighted by atomic mass is 35.5. The zero-order valence-corrected chi connectivity index (χ0v) is 25.4. The lowest BCUT2D eigenvalue weighted by molar-refractivity contribution is -0.119. The largest absolute Gasteiger partial charge is 0.386 e. The molecule has 1 fully saturated rings. The van der Waals surface area contributed by atoms with Crippen molar-refractivity contribution < 1.29 is 17.9 Å². The van der Waals surface area contributed by atoms with E-state index in [9.17, 15) is 13.4 Å². The van der Waals surface area contributed by atoms with E-state index in [4.69, 9.17) is 16.1 Å². The van der Waals surface area contributed by atoms with E-state index in [1.165, 1.54) is 25.0 Å². The highest BCUT2D eigenvalue weighted by Gasteiger charge is 2.18. The summed E-state index contributed by atoms with van der Waals surface area (Å²) in [4.78, 5) is 12.8. The van der Waals surface area contributed by atoms with Gasteiger partial charge < -0.3 is 15.2 Å². The lowest BCUT2D eigenvalue weighted by atomic mass is 9.99. The number of aryl methyl sites for hydroxylation is 2. The number of benzene rings is 2. The Kier molecular flexibility index (Phi) is 13.1. The van der Waals surface area contributed by atoms with Gasteiger partial charge in [0, 0.05) is 37.9 Å². The van der Waals surface area contributed by atoms with E-state index in [2.05, 4.69) is 15.8 Å². The van der Waals surface area contributed by atoms with Gasteiger partial charge in [0.15, 0.2) is 0 Å². The fraction of sp³-hybridized carbons (Fsp3) is 0.448. The summed E-state index contributed by atoms with van der Waals surface area (Å²) in [5.74, 6) is -0.285. The molecular formula is C29H40ClFN4O3S. The Bertz CT molecular complexity index is 1240. The van der Waals surface area contributed by atoms with Gasteiger partial charge in [0.1, 0.15) is 11.6 Å². The van der Waals surface area contributed by atoms with Crippen LogP contribution in [0.4, 0.5) is 15.8 Å². The van der Waals surface area contributed by atoms with E-state index in [-0.39, 0.29) is 16.8 Å². The van der Waals surface area contributed by atoms with E-state index in [0.717, 1.165) is 41.4 Å². The number of amides is 1. The Labute approximate surface area is 239 Å². The normalized spacial score (nSPS) is 14.4. The van der Waals surface area contributed by atoms with Crippen molar-refractivity contribution in [3.63, 3.8) is 0 Å². The lowest BCUT2D eigenvalue weighted by Crippen LogP contribution is -2.22. The number of carbonyl (C=O) groups is 1. The highest BCUT2D eigenvalue weighted by molar-refractivity contribution is 7.81. The molecule has 7 nitrogen and oxygen atoms in total. The summed E-state index contributed by atoms with van der Waals surface area (Å²) in [6.45, 7) is 11.6. The van der Waals surface area contributed by atoms with Gasteiger partial charge in [-0.2, -0.15) is 0 Å². The van der Waals surface area contributed by atoms with Crippen molar-refractivity contribution in [2.45, 2.75) is 53.9 Å². The molecule has 2 heterocycles. The molecule has 1 amide bonds. The minimum atomic E-state index is -0.708. The first kappa shape index (κ1) is 32.5. The van der Waals surface area contributed by atoms with E-state index in [0.29, 0.717) is 17.7 Å². The fourth-order valence-corrected chi connectivity index (χ4v) is 5.12. The van der Waals surface area contributed by atoms with Crippen LogP contribution in [0, 0.1) is 25.6 Å². The van der Waals surface area contributed by atoms with Crippen LogP contribution in [0.2, 0.25) is 5.02 Å². The first-order chi connectivity index (χ1) is 18.6. The SMILES string of the molecule is CC.CNc1ccc(-c2c(C)noc2C)cc1NC(=O)C(C)Cc1ccc(Cl)c(F)c1.CS(=O)N1CCCC1. The molecule has 39 heavy (non-hydrogen) atoms. The van der Waals surface area contributed by atoms with Crippen molar-refractivity contribution in [3.8, 4) is 11.1 Å². The molecule has 1 aliphatic rings. The average Bonchev–Trinajstić information content (AvgIpc) is 3.58. The standard InChI is InChI=1S/C22H23ClFN3O2.C5H11NOS.C2H6/c1-12(9-15-5-7-17(23)18(24)10-15)22(28)26-20-11-16(6-8-19(20)25-4)21-13(2)27-29-14(21)3;1-8(7)6-4-2-3-5-6;1-2/h5-8,10-12,25H,9H2,1-4H3,(H,26,28);2-5H2,1H3;1-2H3. The smallest absolute Gasteiger partial charge is 0.227 e. The molecular weight excluding hydrogens is 539 g/mol. The molecule has 3 aromatic rings. The van der Waals surface area contributed by atoms with Gasteiger partial charge in [0.2, 0.25) is 5.91 Å². The van der Waals surface area contributed by atoms with Crippen molar-refractivity contribution in [3.05, 3.63) is 64.3 Å². The first-order valence-electron chi connectivity index (χ1n) is 13.2. The summed E-state index contributed by atoms with van der Waals surface area (Å²) >= 11 is 5.73. The van der Waals surface area contributed by atoms with E-state index in [1.807, 2.05) is 50.2 Å². The minimum absolute atomic E-state index is 0.0701. The molecule has 214 valence electrons. The number of aromatic nitrogens is 1. The third-order valence-corrected chi connectivity index (χ3v) is 7.67. The minimum Gasteiger partial charge on any atom is -0.386 e. The monoisotopic (exact) mass is 578 g/mol. The van der Waals surface area contributed by atoms with Gasteiger partial charge in [0.25, 0.3) is 0 Å². The van der Waals surface area contributed by atoms with Gasteiger partial charge in [0.05, 0.1) is 33.1 Å². The predicted molar refractivity (Wildman–Crippen MR) is 160 cm³/mol. The molecule has 0 saturated carbocycles. The first-order valence-corrected chi connectivity index (χ1v) is 15.1. The molecule has 10 heteroatoms. The topological polar surface area (TPSA) is 87.5 Å². The van der Waals surface area contributed by atoms with Crippen LogP contribution < -0.4 is 10.6 Å². The van der Waals surface area contributed by atoms with Gasteiger partial charge in [-0.05, 0) is 68.5 Å². The number of nitrogens with one attached hydrogen (secondary N) is 2. The van der Waals surface area contributed by atoms with Crippen molar-refractivity contribution in [1.82, 2.24) is 9.46 Å². The maximum Gasteiger partial charge on any atom is 0.227 e. The van der Waals surface area contributed by atoms with Crippen molar-refractivity contribution in [1.29, 1.82) is 0 Å². The van der Waals surface area contributed by atoms with Crippen LogP contribution in [0.15, 0.2) is 40.9 Å². The van der Waals surface area contributed by atoms with Crippen LogP contribution in [0.25, 0.3) is 11.1 Å². The Morgan fingerprint density at radius 3 is 2.33 bits per heavy atom. The summed E-state index contributed by atoms with van der Waals surface area (Å²) in [6, 6.07) is 10.3. The number of halogens is 2. The van der Waals surface area contributed by atoms with Gasteiger partial charge in [-0.3, -0.25) is 4.79 Å². The second-order valence-corrected chi connectivity index (χ2v) is 10.9. The lowest BCUT2D eigenvalue weighted by Gasteiger charge is -2.16. The van der Waals surface area contributed by atoms with Crippen molar-refractivity contribution >= 4 is 39.9 Å². The summed E-state index contributed by atoms with van der Waals surface area (Å²) in [7, 11) is 1.08. The van der Waals surface area contributed by atoms with Gasteiger partial charge in [-0.15, -0.1) is 0 Å². The Morgan fingerprint density at radius 2 is 1.82 bits per heavy atom. The van der Waals surface area contributed by atoms with Gasteiger partial charge in [-0.1, -0.05) is 49.7 Å². The van der Waals surface area contributed by atoms with Crippen LogP contribution in [0.1, 0.15) is 50.6 Å². The van der Waals surface area contributed by atoms with Crippen LogP contribution in [-0.2, 0) is 22.2 Å². The zero-order valence-electron chi connectivity index (χ0n) is 23.9. The highest BCUT2D eigenvalue weighted by Crippen LogP contribution is 2.33. The molecule has 2 aromatic carbocycles. The number of carbonyl (C=O) groups excluding carboxylic acids is 1. The molecule has 2 unspecified atom stereocenters. The van der Waals surface area contributed by atoms with Crippen LogP contribution >= 0.6 is 11.6 Å². The summed E-state index contributed by atoms with van der Waals surface area (Å²) < 4.78 is 31.6. The molecule has 1 aliphatic heterocycles. The molecule has 0 spiro atoms. The second kappa shape index (κ2) is 15.7. The van der Waals surface area contributed by atoms with Crippen molar-refractivity contribution in [2.75, 3.05) is 37.0 Å². The maximum absolute atomic E-state index is 13.7. The average molecular weight is 579 g/mol. The van der Waals surface area contributed by atoms with Gasteiger partial charge >= 0.3 is 0 Å².